The van der Waals surface area contributed by atoms with E-state index in [0.29, 0.717) is 17.0 Å². The first-order chi connectivity index (χ1) is 13.0. The van der Waals surface area contributed by atoms with Crippen LogP contribution < -0.4 is 9.64 Å². The van der Waals surface area contributed by atoms with Crippen molar-refractivity contribution in [1.29, 1.82) is 0 Å². The minimum absolute atomic E-state index is 0.332. The maximum Gasteiger partial charge on any atom is 0.347 e. The Bertz CT molecular complexity index is 947. The van der Waals surface area contributed by atoms with Crippen LogP contribution in [0.25, 0.3) is 10.9 Å². The van der Waals surface area contributed by atoms with Crippen molar-refractivity contribution in [3.05, 3.63) is 53.1 Å². The van der Waals surface area contributed by atoms with Gasteiger partial charge in [0.1, 0.15) is 5.75 Å². The Morgan fingerprint density at radius 3 is 2.56 bits per heavy atom. The molecule has 0 radical (unpaired) electrons. The maximum absolute atomic E-state index is 11.7. The second-order valence-corrected chi connectivity index (χ2v) is 6.67. The number of rotatable bonds is 6. The minimum Gasteiger partial charge on any atom is -0.479 e. The number of esters is 1. The van der Waals surface area contributed by atoms with Gasteiger partial charge in [0.05, 0.1) is 17.8 Å². The van der Waals surface area contributed by atoms with Gasteiger partial charge in [-0.15, -0.1) is 10.2 Å². The average molecular weight is 430 g/mol. The van der Waals surface area contributed by atoms with Crippen molar-refractivity contribution in [3.63, 3.8) is 0 Å². The Balaban J connectivity index is 1.84. The molecule has 140 valence electrons. The molecular formula is C20H20BrN3O3. The molecule has 0 aliphatic heterocycles. The summed E-state index contributed by atoms with van der Waals surface area (Å²) in [6.07, 6.45) is -0.656. The van der Waals surface area contributed by atoms with Crippen LogP contribution in [0.3, 0.4) is 0 Å². The number of halogens is 1. The van der Waals surface area contributed by atoms with Gasteiger partial charge in [0.2, 0.25) is 0 Å². The van der Waals surface area contributed by atoms with E-state index < -0.39 is 6.10 Å². The zero-order valence-electron chi connectivity index (χ0n) is 15.3. The molecule has 0 aliphatic carbocycles. The van der Waals surface area contributed by atoms with Gasteiger partial charge < -0.3 is 14.4 Å². The molecule has 0 aliphatic rings. The first-order valence-electron chi connectivity index (χ1n) is 8.59. The normalized spacial score (nSPS) is 11.9. The van der Waals surface area contributed by atoms with Gasteiger partial charge in [0.15, 0.2) is 10.7 Å². The molecular weight excluding hydrogens is 410 g/mol. The molecule has 3 aromatic rings. The molecule has 0 bridgehead atoms. The molecule has 7 heteroatoms. The van der Waals surface area contributed by atoms with Crippen molar-refractivity contribution in [2.24, 2.45) is 0 Å². The zero-order valence-corrected chi connectivity index (χ0v) is 16.9. The van der Waals surface area contributed by atoms with Crippen LogP contribution in [0.2, 0.25) is 0 Å². The van der Waals surface area contributed by atoms with Crippen LogP contribution in [0.1, 0.15) is 13.8 Å². The highest BCUT2D eigenvalue weighted by molar-refractivity contribution is 9.10. The van der Waals surface area contributed by atoms with E-state index in [-0.39, 0.29) is 5.97 Å². The predicted molar refractivity (Wildman–Crippen MR) is 108 cm³/mol. The van der Waals surface area contributed by atoms with Crippen molar-refractivity contribution < 1.29 is 14.3 Å². The monoisotopic (exact) mass is 429 g/mol. The van der Waals surface area contributed by atoms with Gasteiger partial charge in [-0.1, -0.05) is 18.2 Å². The molecule has 1 aromatic heterocycles. The lowest BCUT2D eigenvalue weighted by molar-refractivity contribution is -0.150. The highest BCUT2D eigenvalue weighted by atomic mass is 79.9. The summed E-state index contributed by atoms with van der Waals surface area (Å²) in [4.78, 5) is 13.7. The average Bonchev–Trinajstić information content (AvgIpc) is 2.68. The van der Waals surface area contributed by atoms with Gasteiger partial charge >= 0.3 is 5.97 Å². The number of ether oxygens (including phenoxy) is 2. The van der Waals surface area contributed by atoms with E-state index >= 15 is 0 Å². The summed E-state index contributed by atoms with van der Waals surface area (Å²) in [5, 5.41) is 9.40. The smallest absolute Gasteiger partial charge is 0.347 e. The van der Waals surface area contributed by atoms with E-state index in [9.17, 15) is 4.79 Å². The van der Waals surface area contributed by atoms with Gasteiger partial charge in [-0.2, -0.15) is 0 Å². The summed E-state index contributed by atoms with van der Waals surface area (Å²) in [6, 6.07) is 15.4. The molecule has 1 unspecified atom stereocenters. The molecule has 0 saturated carbocycles. The second kappa shape index (κ2) is 8.35. The van der Waals surface area contributed by atoms with Crippen LogP contribution in [0.4, 0.5) is 11.4 Å². The Morgan fingerprint density at radius 2 is 1.85 bits per heavy atom. The third-order valence-corrected chi connectivity index (χ3v) is 4.63. The molecule has 1 heterocycles. The number of aromatic nitrogens is 2. The van der Waals surface area contributed by atoms with Crippen LogP contribution >= 0.6 is 15.9 Å². The Morgan fingerprint density at radius 1 is 1.15 bits per heavy atom. The largest absolute Gasteiger partial charge is 0.479 e. The number of carbonyl (C=O) groups excluding carboxylic acids is 1. The number of hydrogen-bond donors (Lipinski definition) is 0. The lowest BCUT2D eigenvalue weighted by Gasteiger charge is -2.22. The van der Waals surface area contributed by atoms with Crippen LogP contribution in [0, 0.1) is 0 Å². The SMILES string of the molecule is CCOC(=O)C(C)Oc1ccc(N(C)c2c(Br)nnc3ccccc23)cc1. The van der Waals surface area contributed by atoms with Crippen LogP contribution in [-0.2, 0) is 9.53 Å². The van der Waals surface area contributed by atoms with Crippen LogP contribution in [0.5, 0.6) is 5.75 Å². The molecule has 0 spiro atoms. The Kier molecular flexibility index (Phi) is 5.91. The number of anilines is 2. The summed E-state index contributed by atoms with van der Waals surface area (Å²) in [5.74, 6) is 0.224. The Labute approximate surface area is 166 Å². The van der Waals surface area contributed by atoms with Crippen molar-refractivity contribution in [2.45, 2.75) is 20.0 Å². The summed E-state index contributed by atoms with van der Waals surface area (Å²) in [7, 11) is 1.96. The van der Waals surface area contributed by atoms with E-state index in [4.69, 9.17) is 9.47 Å². The lowest BCUT2D eigenvalue weighted by atomic mass is 10.2. The predicted octanol–water partition coefficient (Wildman–Crippen LogP) is 4.49. The fraction of sp³-hybridized carbons (Fsp3) is 0.250. The van der Waals surface area contributed by atoms with Crippen molar-refractivity contribution >= 4 is 44.2 Å². The van der Waals surface area contributed by atoms with E-state index in [1.165, 1.54) is 0 Å². The molecule has 0 N–H and O–H groups in total. The fourth-order valence-electron chi connectivity index (χ4n) is 2.73. The molecule has 1 atom stereocenters. The maximum atomic E-state index is 11.7. The number of hydrogen-bond acceptors (Lipinski definition) is 6. The minimum atomic E-state index is -0.656. The van der Waals surface area contributed by atoms with Gasteiger partial charge in [-0.25, -0.2) is 4.79 Å². The van der Waals surface area contributed by atoms with Crippen LogP contribution in [-0.4, -0.2) is 35.9 Å². The third kappa shape index (κ3) is 4.19. The molecule has 3 rings (SSSR count). The molecule has 27 heavy (non-hydrogen) atoms. The van der Waals surface area contributed by atoms with Gasteiger partial charge in [0.25, 0.3) is 0 Å². The van der Waals surface area contributed by atoms with Crippen molar-refractivity contribution in [1.82, 2.24) is 10.2 Å². The van der Waals surface area contributed by atoms with E-state index in [2.05, 4.69) is 26.1 Å². The fourth-order valence-corrected chi connectivity index (χ4v) is 3.28. The molecule has 2 aromatic carbocycles. The Hall–Kier alpha value is -2.67. The van der Waals surface area contributed by atoms with Crippen molar-refractivity contribution in [3.8, 4) is 5.75 Å². The van der Waals surface area contributed by atoms with E-state index in [0.717, 1.165) is 22.3 Å². The first kappa shape index (κ1) is 19.1. The summed E-state index contributed by atoms with van der Waals surface area (Å²) in [5.41, 5.74) is 2.70. The number of nitrogens with zero attached hydrogens (tertiary/aromatic N) is 3. The van der Waals surface area contributed by atoms with E-state index in [1.54, 1.807) is 13.8 Å². The number of benzene rings is 2. The van der Waals surface area contributed by atoms with E-state index in [1.807, 2.05) is 60.5 Å². The lowest BCUT2D eigenvalue weighted by Crippen LogP contribution is -2.26. The zero-order chi connectivity index (χ0) is 19.4. The summed E-state index contributed by atoms with van der Waals surface area (Å²) < 4.78 is 11.3. The van der Waals surface area contributed by atoms with Gasteiger partial charge in [0, 0.05) is 18.1 Å². The molecule has 0 fully saturated rings. The number of carbonyl (C=O) groups is 1. The molecule has 0 saturated heterocycles. The topological polar surface area (TPSA) is 64.6 Å². The molecule has 0 amide bonds. The number of fused-ring (bicyclic) bond motifs is 1. The molecule has 6 nitrogen and oxygen atoms in total. The highest BCUT2D eigenvalue weighted by Crippen LogP contribution is 2.35. The first-order valence-corrected chi connectivity index (χ1v) is 9.38. The van der Waals surface area contributed by atoms with Crippen LogP contribution in [0.15, 0.2) is 53.1 Å². The van der Waals surface area contributed by atoms with Gasteiger partial charge in [-0.05, 0) is 60.1 Å². The third-order valence-electron chi connectivity index (χ3n) is 4.09. The summed E-state index contributed by atoms with van der Waals surface area (Å²) >= 11 is 3.50. The highest BCUT2D eigenvalue weighted by Gasteiger charge is 2.17. The van der Waals surface area contributed by atoms with Gasteiger partial charge in [-0.3, -0.25) is 0 Å². The summed E-state index contributed by atoms with van der Waals surface area (Å²) in [6.45, 7) is 3.77. The standard InChI is InChI=1S/C20H20BrN3O3/c1-4-26-20(25)13(2)27-15-11-9-14(10-12-15)24(3)18-16-7-5-6-8-17(16)22-23-19(18)21/h5-13H,4H2,1-3H3. The second-order valence-electron chi connectivity index (χ2n) is 5.92. The quantitative estimate of drug-likeness (QED) is 0.537. The van der Waals surface area contributed by atoms with Crippen molar-refractivity contribution in [2.75, 3.05) is 18.6 Å².